The largest absolute Gasteiger partial charge is 0.497 e. The number of sulfone groups is 1. The lowest BCUT2D eigenvalue weighted by molar-refractivity contribution is 0.0637. The molecule has 2 aromatic rings. The number of nitrogens with zero attached hydrogens (tertiary/aromatic N) is 1. The standard InChI is InChI=1S/C23H23NO6S/c1-14-22-16(11-24(13-29-22)17-7-8-31(26,27)12-17)10-19-21(25)20(30-23(14)19)9-15-3-5-18(28-2)6-4-15/h3-6,9-10,17H,7-8,11-13H2,1-2H3/t17-/m0/s1. The molecule has 3 aliphatic heterocycles. The van der Waals surface area contributed by atoms with E-state index in [1.54, 1.807) is 13.2 Å². The molecule has 0 amide bonds. The summed E-state index contributed by atoms with van der Waals surface area (Å²) in [6.07, 6.45) is 2.33. The van der Waals surface area contributed by atoms with Crippen molar-refractivity contribution in [3.05, 3.63) is 58.3 Å². The lowest BCUT2D eigenvalue weighted by Crippen LogP contribution is -2.41. The van der Waals surface area contributed by atoms with Gasteiger partial charge >= 0.3 is 0 Å². The zero-order valence-electron chi connectivity index (χ0n) is 17.4. The van der Waals surface area contributed by atoms with Crippen molar-refractivity contribution in [2.45, 2.75) is 25.9 Å². The lowest BCUT2D eigenvalue weighted by Gasteiger charge is -2.33. The van der Waals surface area contributed by atoms with Crippen LogP contribution in [0, 0.1) is 6.92 Å². The third kappa shape index (κ3) is 3.59. The molecule has 1 saturated heterocycles. The first-order valence-electron chi connectivity index (χ1n) is 10.2. The second-order valence-corrected chi connectivity index (χ2v) is 10.4. The van der Waals surface area contributed by atoms with E-state index in [2.05, 4.69) is 0 Å². The average molecular weight is 442 g/mol. The Labute approximate surface area is 181 Å². The monoisotopic (exact) mass is 441 g/mol. The van der Waals surface area contributed by atoms with Crippen LogP contribution in [0.25, 0.3) is 6.08 Å². The minimum Gasteiger partial charge on any atom is -0.497 e. The van der Waals surface area contributed by atoms with Gasteiger partial charge in [-0.1, -0.05) is 12.1 Å². The summed E-state index contributed by atoms with van der Waals surface area (Å²) >= 11 is 0. The molecule has 8 heteroatoms. The molecule has 0 radical (unpaired) electrons. The summed E-state index contributed by atoms with van der Waals surface area (Å²) in [6.45, 7) is 2.76. The molecule has 0 spiro atoms. The van der Waals surface area contributed by atoms with Crippen LogP contribution in [0.2, 0.25) is 0 Å². The molecule has 0 aliphatic carbocycles. The number of hydrogen-bond acceptors (Lipinski definition) is 7. The molecular formula is C23H23NO6S. The van der Waals surface area contributed by atoms with Crippen LogP contribution < -0.4 is 14.2 Å². The molecule has 0 saturated carbocycles. The van der Waals surface area contributed by atoms with Gasteiger partial charge in [0.25, 0.3) is 0 Å². The van der Waals surface area contributed by atoms with Crippen molar-refractivity contribution in [3.8, 4) is 17.2 Å². The highest BCUT2D eigenvalue weighted by molar-refractivity contribution is 7.91. The van der Waals surface area contributed by atoms with Gasteiger partial charge in [-0.05, 0) is 43.2 Å². The third-order valence-corrected chi connectivity index (χ3v) is 7.85. The molecule has 1 fully saturated rings. The summed E-state index contributed by atoms with van der Waals surface area (Å²) in [7, 11) is -1.37. The Morgan fingerprint density at radius 3 is 2.65 bits per heavy atom. The summed E-state index contributed by atoms with van der Waals surface area (Å²) in [5.74, 6) is 2.46. The maximum Gasteiger partial charge on any atom is 0.231 e. The van der Waals surface area contributed by atoms with Crippen LogP contribution in [-0.4, -0.2) is 50.5 Å². The molecule has 0 bridgehead atoms. The van der Waals surface area contributed by atoms with Crippen molar-refractivity contribution in [3.63, 3.8) is 0 Å². The van der Waals surface area contributed by atoms with Crippen molar-refractivity contribution in [1.82, 2.24) is 4.90 Å². The number of Topliss-reactive ketones (excluding diaryl/α,β-unsaturated/α-hetero) is 1. The highest BCUT2D eigenvalue weighted by Crippen LogP contribution is 2.43. The normalized spacial score (nSPS) is 23.2. The molecular weight excluding hydrogens is 418 g/mol. The van der Waals surface area contributed by atoms with Crippen molar-refractivity contribution >= 4 is 21.7 Å². The Kier molecular flexibility index (Phi) is 4.79. The number of benzene rings is 2. The van der Waals surface area contributed by atoms with E-state index < -0.39 is 9.84 Å². The van der Waals surface area contributed by atoms with E-state index in [0.717, 1.165) is 22.4 Å². The van der Waals surface area contributed by atoms with E-state index in [1.807, 2.05) is 42.2 Å². The van der Waals surface area contributed by atoms with Gasteiger partial charge < -0.3 is 14.2 Å². The molecule has 31 heavy (non-hydrogen) atoms. The number of ether oxygens (including phenoxy) is 3. The Hall–Kier alpha value is -2.84. The van der Waals surface area contributed by atoms with E-state index in [-0.39, 0.29) is 29.1 Å². The fraction of sp³-hybridized carbons (Fsp3) is 0.348. The summed E-state index contributed by atoms with van der Waals surface area (Å²) < 4.78 is 40.8. The Morgan fingerprint density at radius 1 is 1.19 bits per heavy atom. The van der Waals surface area contributed by atoms with Crippen LogP contribution in [0.4, 0.5) is 0 Å². The minimum absolute atomic E-state index is 0.0517. The van der Waals surface area contributed by atoms with Crippen LogP contribution in [0.5, 0.6) is 17.2 Å². The van der Waals surface area contributed by atoms with E-state index in [4.69, 9.17) is 14.2 Å². The van der Waals surface area contributed by atoms with E-state index in [1.165, 1.54) is 0 Å². The van der Waals surface area contributed by atoms with Gasteiger partial charge in [0.2, 0.25) is 5.78 Å². The fourth-order valence-corrected chi connectivity index (χ4v) is 6.18. The van der Waals surface area contributed by atoms with Crippen molar-refractivity contribution in [1.29, 1.82) is 0 Å². The van der Waals surface area contributed by atoms with Crippen molar-refractivity contribution in [2.24, 2.45) is 0 Å². The first-order chi connectivity index (χ1) is 14.8. The number of carbonyl (C=O) groups excluding carboxylic acids is 1. The second-order valence-electron chi connectivity index (χ2n) is 8.16. The second kappa shape index (κ2) is 7.39. The predicted octanol–water partition coefficient (Wildman–Crippen LogP) is 2.96. The van der Waals surface area contributed by atoms with E-state index >= 15 is 0 Å². The van der Waals surface area contributed by atoms with E-state index in [0.29, 0.717) is 36.8 Å². The molecule has 162 valence electrons. The molecule has 7 nitrogen and oxygen atoms in total. The maximum atomic E-state index is 13.0. The number of allylic oxidation sites excluding steroid dienone is 1. The molecule has 3 aliphatic rings. The molecule has 5 rings (SSSR count). The lowest BCUT2D eigenvalue weighted by atomic mass is 9.99. The van der Waals surface area contributed by atoms with Crippen LogP contribution >= 0.6 is 0 Å². The predicted molar refractivity (Wildman–Crippen MR) is 115 cm³/mol. The SMILES string of the molecule is COc1ccc(C=C2Oc3c(cc4c(c3C)OCN([C@H]3CCS(=O)(=O)C3)C4)C2=O)cc1. The number of carbonyl (C=O) groups is 1. The van der Waals surface area contributed by atoms with Crippen molar-refractivity contribution < 1.29 is 27.4 Å². The highest BCUT2D eigenvalue weighted by atomic mass is 32.2. The van der Waals surface area contributed by atoms with Crippen LogP contribution in [-0.2, 0) is 16.4 Å². The molecule has 1 atom stereocenters. The van der Waals surface area contributed by atoms with Gasteiger partial charge in [0.15, 0.2) is 15.6 Å². The van der Waals surface area contributed by atoms with Crippen LogP contribution in [0.1, 0.15) is 33.5 Å². The Bertz CT molecular complexity index is 1200. The third-order valence-electron chi connectivity index (χ3n) is 6.10. The summed E-state index contributed by atoms with van der Waals surface area (Å²) in [4.78, 5) is 15.1. The van der Waals surface area contributed by atoms with Gasteiger partial charge in [0.1, 0.15) is 24.0 Å². The fourth-order valence-electron chi connectivity index (χ4n) is 4.42. The quantitative estimate of drug-likeness (QED) is 0.678. The number of fused-ring (bicyclic) bond motifs is 2. The highest BCUT2D eigenvalue weighted by Gasteiger charge is 2.37. The number of hydrogen-bond donors (Lipinski definition) is 0. The van der Waals surface area contributed by atoms with Gasteiger partial charge in [-0.15, -0.1) is 0 Å². The Balaban J connectivity index is 1.43. The Morgan fingerprint density at radius 2 is 1.97 bits per heavy atom. The number of rotatable bonds is 3. The smallest absolute Gasteiger partial charge is 0.231 e. The van der Waals surface area contributed by atoms with Gasteiger partial charge in [-0.25, -0.2) is 8.42 Å². The molecule has 0 N–H and O–H groups in total. The van der Waals surface area contributed by atoms with E-state index in [9.17, 15) is 13.2 Å². The maximum absolute atomic E-state index is 13.0. The molecule has 0 aromatic heterocycles. The minimum atomic E-state index is -2.98. The summed E-state index contributed by atoms with van der Waals surface area (Å²) in [5, 5.41) is 0. The zero-order chi connectivity index (χ0) is 21.8. The summed E-state index contributed by atoms with van der Waals surface area (Å²) in [6, 6.07) is 9.15. The van der Waals surface area contributed by atoms with Crippen molar-refractivity contribution in [2.75, 3.05) is 25.3 Å². The first-order valence-corrected chi connectivity index (χ1v) is 12.0. The molecule has 0 unspecified atom stereocenters. The van der Waals surface area contributed by atoms with Gasteiger partial charge in [0.05, 0.1) is 24.2 Å². The topological polar surface area (TPSA) is 82.1 Å². The summed E-state index contributed by atoms with van der Waals surface area (Å²) in [5.41, 5.74) is 3.02. The van der Waals surface area contributed by atoms with Crippen LogP contribution in [0.3, 0.4) is 0 Å². The van der Waals surface area contributed by atoms with Gasteiger partial charge in [-0.3, -0.25) is 9.69 Å². The van der Waals surface area contributed by atoms with Crippen LogP contribution in [0.15, 0.2) is 36.1 Å². The number of methoxy groups -OCH3 is 1. The van der Waals surface area contributed by atoms with Gasteiger partial charge in [0, 0.05) is 23.7 Å². The number of ketones is 1. The van der Waals surface area contributed by atoms with Gasteiger partial charge in [-0.2, -0.15) is 0 Å². The molecule has 2 aromatic carbocycles. The first kappa shape index (κ1) is 20.1. The molecule has 3 heterocycles. The average Bonchev–Trinajstić information content (AvgIpc) is 3.28. The zero-order valence-corrected chi connectivity index (χ0v) is 18.2.